The molecule has 0 aliphatic carbocycles. The highest BCUT2D eigenvalue weighted by Crippen LogP contribution is 2.22. The summed E-state index contributed by atoms with van der Waals surface area (Å²) in [7, 11) is 0. The van der Waals surface area contributed by atoms with E-state index < -0.39 is 0 Å². The zero-order chi connectivity index (χ0) is 13.8. The molecule has 104 valence electrons. The zero-order valence-corrected chi connectivity index (χ0v) is 13.1. The molecule has 0 radical (unpaired) electrons. The number of rotatable bonds is 4. The highest BCUT2D eigenvalue weighted by Gasteiger charge is 2.11. The van der Waals surface area contributed by atoms with Crippen LogP contribution in [0, 0.1) is 0 Å². The highest BCUT2D eigenvalue weighted by molar-refractivity contribution is 9.10. The van der Waals surface area contributed by atoms with Crippen molar-refractivity contribution in [1.29, 1.82) is 0 Å². The lowest BCUT2D eigenvalue weighted by Gasteiger charge is -2.18. The van der Waals surface area contributed by atoms with Crippen molar-refractivity contribution in [2.75, 3.05) is 23.3 Å². The monoisotopic (exact) mass is 330 g/mol. The van der Waals surface area contributed by atoms with Crippen LogP contribution >= 0.6 is 15.9 Å². The number of hydrogen-bond donors (Lipinski definition) is 1. The van der Waals surface area contributed by atoms with Gasteiger partial charge in [0.1, 0.15) is 0 Å². The summed E-state index contributed by atoms with van der Waals surface area (Å²) in [6.07, 6.45) is 2.65. The van der Waals surface area contributed by atoms with Crippen LogP contribution in [0.25, 0.3) is 0 Å². The molecule has 2 nitrogen and oxygen atoms in total. The largest absolute Gasteiger partial charge is 0.381 e. The van der Waals surface area contributed by atoms with E-state index in [0.29, 0.717) is 0 Å². The van der Waals surface area contributed by atoms with Gasteiger partial charge in [0, 0.05) is 35.5 Å². The summed E-state index contributed by atoms with van der Waals surface area (Å²) in [6, 6.07) is 17.2. The third-order valence-corrected chi connectivity index (χ3v) is 4.28. The Morgan fingerprint density at radius 1 is 0.900 bits per heavy atom. The first-order valence-corrected chi connectivity index (χ1v) is 7.94. The predicted octanol–water partition coefficient (Wildman–Crippen LogP) is 4.66. The van der Waals surface area contributed by atoms with E-state index in [0.717, 1.165) is 11.0 Å². The van der Waals surface area contributed by atoms with E-state index in [1.54, 1.807) is 0 Å². The van der Waals surface area contributed by atoms with E-state index >= 15 is 0 Å². The lowest BCUT2D eigenvalue weighted by Crippen LogP contribution is -2.17. The first kappa shape index (κ1) is 13.5. The number of anilines is 2. The fraction of sp³-hybridized carbons (Fsp3) is 0.294. The average molecular weight is 331 g/mol. The second-order valence-corrected chi connectivity index (χ2v) is 6.14. The van der Waals surface area contributed by atoms with Gasteiger partial charge >= 0.3 is 0 Å². The molecule has 1 fully saturated rings. The smallest absolute Gasteiger partial charge is 0.0400 e. The van der Waals surface area contributed by atoms with Crippen molar-refractivity contribution in [1.82, 2.24) is 0 Å². The molecule has 1 aliphatic heterocycles. The highest BCUT2D eigenvalue weighted by atomic mass is 79.9. The summed E-state index contributed by atoms with van der Waals surface area (Å²) >= 11 is 3.46. The number of nitrogens with zero attached hydrogens (tertiary/aromatic N) is 1. The molecule has 0 aromatic heterocycles. The Kier molecular flexibility index (Phi) is 4.26. The van der Waals surface area contributed by atoms with E-state index in [1.807, 2.05) is 0 Å². The number of hydrogen-bond acceptors (Lipinski definition) is 2. The molecule has 2 aromatic carbocycles. The number of benzene rings is 2. The van der Waals surface area contributed by atoms with Crippen LogP contribution in [0.1, 0.15) is 18.4 Å². The molecule has 0 amide bonds. The molecule has 0 bridgehead atoms. The van der Waals surface area contributed by atoms with Gasteiger partial charge in [0.25, 0.3) is 0 Å². The fourth-order valence-electron chi connectivity index (χ4n) is 2.57. The second-order valence-electron chi connectivity index (χ2n) is 5.22. The summed E-state index contributed by atoms with van der Waals surface area (Å²) in [5, 5.41) is 3.46. The van der Waals surface area contributed by atoms with Crippen LogP contribution in [-0.2, 0) is 6.54 Å². The summed E-state index contributed by atoms with van der Waals surface area (Å²) in [5.74, 6) is 0. The minimum Gasteiger partial charge on any atom is -0.381 e. The fourth-order valence-corrected chi connectivity index (χ4v) is 2.84. The Hall–Kier alpha value is -1.48. The van der Waals surface area contributed by atoms with Gasteiger partial charge in [-0.05, 0) is 54.8 Å². The molecule has 3 heteroatoms. The topological polar surface area (TPSA) is 15.3 Å². The minimum absolute atomic E-state index is 0.857. The van der Waals surface area contributed by atoms with Crippen LogP contribution in [0.15, 0.2) is 53.0 Å². The lowest BCUT2D eigenvalue weighted by atomic mass is 10.2. The van der Waals surface area contributed by atoms with Gasteiger partial charge in [-0.2, -0.15) is 0 Å². The van der Waals surface area contributed by atoms with Crippen molar-refractivity contribution in [2.45, 2.75) is 19.4 Å². The van der Waals surface area contributed by atoms with Crippen LogP contribution in [0.3, 0.4) is 0 Å². The lowest BCUT2D eigenvalue weighted by molar-refractivity contribution is 0.949. The summed E-state index contributed by atoms with van der Waals surface area (Å²) in [6.45, 7) is 3.26. The van der Waals surface area contributed by atoms with Gasteiger partial charge in [-0.1, -0.05) is 28.1 Å². The van der Waals surface area contributed by atoms with Crippen molar-refractivity contribution < 1.29 is 0 Å². The number of halogens is 1. The molecule has 1 saturated heterocycles. The van der Waals surface area contributed by atoms with Gasteiger partial charge in [-0.25, -0.2) is 0 Å². The molecule has 1 aliphatic rings. The Balaban J connectivity index is 1.59. The first-order chi connectivity index (χ1) is 9.81. The quantitative estimate of drug-likeness (QED) is 0.876. The molecular weight excluding hydrogens is 312 g/mol. The molecule has 20 heavy (non-hydrogen) atoms. The van der Waals surface area contributed by atoms with Crippen molar-refractivity contribution in [3.63, 3.8) is 0 Å². The van der Waals surface area contributed by atoms with E-state index in [4.69, 9.17) is 0 Å². The van der Waals surface area contributed by atoms with E-state index in [2.05, 4.69) is 74.7 Å². The SMILES string of the molecule is Brc1ccc(CNc2ccc(N3CCCC3)cc2)cc1. The standard InChI is InChI=1S/C17H19BrN2/c18-15-5-3-14(4-6-15)13-19-16-7-9-17(10-8-16)20-11-1-2-12-20/h3-10,19H,1-2,11-13H2. The normalized spacial score (nSPS) is 14.6. The third kappa shape index (κ3) is 3.34. The van der Waals surface area contributed by atoms with E-state index in [-0.39, 0.29) is 0 Å². The third-order valence-electron chi connectivity index (χ3n) is 3.75. The maximum absolute atomic E-state index is 3.46. The maximum Gasteiger partial charge on any atom is 0.0400 e. The van der Waals surface area contributed by atoms with Crippen LogP contribution < -0.4 is 10.2 Å². The number of nitrogens with one attached hydrogen (secondary N) is 1. The van der Waals surface area contributed by atoms with Gasteiger partial charge in [-0.15, -0.1) is 0 Å². The van der Waals surface area contributed by atoms with Crippen molar-refractivity contribution in [3.05, 3.63) is 58.6 Å². The summed E-state index contributed by atoms with van der Waals surface area (Å²) in [4.78, 5) is 2.46. The van der Waals surface area contributed by atoms with Crippen molar-refractivity contribution in [3.8, 4) is 0 Å². The van der Waals surface area contributed by atoms with Gasteiger partial charge in [0.2, 0.25) is 0 Å². The summed E-state index contributed by atoms with van der Waals surface area (Å²) in [5.41, 5.74) is 3.81. The Labute approximate surface area is 128 Å². The molecule has 3 rings (SSSR count). The molecule has 1 heterocycles. The van der Waals surface area contributed by atoms with Gasteiger partial charge < -0.3 is 10.2 Å². The Morgan fingerprint density at radius 2 is 1.55 bits per heavy atom. The average Bonchev–Trinajstić information content (AvgIpc) is 3.01. The van der Waals surface area contributed by atoms with Crippen molar-refractivity contribution >= 4 is 27.3 Å². The molecule has 1 N–H and O–H groups in total. The van der Waals surface area contributed by atoms with Gasteiger partial charge in [0.15, 0.2) is 0 Å². The van der Waals surface area contributed by atoms with Crippen LogP contribution in [0.2, 0.25) is 0 Å². The molecule has 2 aromatic rings. The summed E-state index contributed by atoms with van der Waals surface area (Å²) < 4.78 is 1.12. The zero-order valence-electron chi connectivity index (χ0n) is 11.5. The Morgan fingerprint density at radius 3 is 2.20 bits per heavy atom. The molecule has 0 atom stereocenters. The van der Waals surface area contributed by atoms with Crippen molar-refractivity contribution in [2.24, 2.45) is 0 Å². The Bertz CT molecular complexity index is 542. The second kappa shape index (κ2) is 6.31. The van der Waals surface area contributed by atoms with Crippen LogP contribution in [0.5, 0.6) is 0 Å². The first-order valence-electron chi connectivity index (χ1n) is 7.14. The van der Waals surface area contributed by atoms with E-state index in [1.165, 1.54) is 42.9 Å². The molecule has 0 unspecified atom stereocenters. The van der Waals surface area contributed by atoms with Crippen LogP contribution in [-0.4, -0.2) is 13.1 Å². The molecule has 0 spiro atoms. The molecular formula is C17H19BrN2. The minimum atomic E-state index is 0.857. The van der Waals surface area contributed by atoms with Gasteiger partial charge in [0.05, 0.1) is 0 Å². The predicted molar refractivity (Wildman–Crippen MR) is 89.4 cm³/mol. The van der Waals surface area contributed by atoms with E-state index in [9.17, 15) is 0 Å². The van der Waals surface area contributed by atoms with Crippen LogP contribution in [0.4, 0.5) is 11.4 Å². The van der Waals surface area contributed by atoms with Gasteiger partial charge in [-0.3, -0.25) is 0 Å². The maximum atomic E-state index is 3.46. The molecule has 0 saturated carbocycles.